The second-order valence-electron chi connectivity index (χ2n) is 9.88. The molecule has 2 aromatic carbocycles. The van der Waals surface area contributed by atoms with Crippen molar-refractivity contribution in [3.8, 4) is 0 Å². The first-order chi connectivity index (χ1) is 16.4. The van der Waals surface area contributed by atoms with Crippen LogP contribution >= 0.6 is 0 Å². The first kappa shape index (κ1) is 25.9. The maximum atomic E-state index is 13.2. The van der Waals surface area contributed by atoms with Crippen molar-refractivity contribution < 1.29 is 19.2 Å². The lowest BCUT2D eigenvalue weighted by Gasteiger charge is -2.24. The van der Waals surface area contributed by atoms with Gasteiger partial charge in [0.05, 0.1) is 0 Å². The molecule has 0 bridgehead atoms. The minimum atomic E-state index is -1.25. The molecule has 1 heterocycles. The molecule has 5 amide bonds. The SMILES string of the molecule is CCN(CC)C(=O)c1ccc(NC(=O)CN2C(=O)N[C@](C)(c3ccc(C(C)(C)C)cc3)C2=O)cc1. The van der Waals surface area contributed by atoms with Crippen molar-refractivity contribution >= 4 is 29.4 Å². The molecule has 1 atom stereocenters. The zero-order valence-corrected chi connectivity index (χ0v) is 21.3. The van der Waals surface area contributed by atoms with Gasteiger partial charge in [0.1, 0.15) is 12.1 Å². The Hall–Kier alpha value is -3.68. The molecular formula is C27H34N4O4. The summed E-state index contributed by atoms with van der Waals surface area (Å²) in [5.41, 5.74) is 1.47. The summed E-state index contributed by atoms with van der Waals surface area (Å²) in [5.74, 6) is -1.08. The predicted molar refractivity (Wildman–Crippen MR) is 135 cm³/mol. The number of imide groups is 1. The van der Waals surface area contributed by atoms with E-state index in [2.05, 4.69) is 31.4 Å². The third kappa shape index (κ3) is 5.37. The topological polar surface area (TPSA) is 98.8 Å². The lowest BCUT2D eigenvalue weighted by molar-refractivity contribution is -0.133. The molecule has 186 valence electrons. The van der Waals surface area contributed by atoms with Crippen LogP contribution in [0.15, 0.2) is 48.5 Å². The average molecular weight is 479 g/mol. The van der Waals surface area contributed by atoms with Crippen molar-refractivity contribution in [3.63, 3.8) is 0 Å². The fraction of sp³-hybridized carbons (Fsp3) is 0.407. The number of carbonyl (C=O) groups excluding carboxylic acids is 4. The van der Waals surface area contributed by atoms with Gasteiger partial charge in [0.2, 0.25) is 5.91 Å². The van der Waals surface area contributed by atoms with E-state index in [0.717, 1.165) is 10.5 Å². The molecule has 0 aliphatic carbocycles. The van der Waals surface area contributed by atoms with Crippen LogP contribution in [0.5, 0.6) is 0 Å². The van der Waals surface area contributed by atoms with Crippen molar-refractivity contribution in [1.29, 1.82) is 0 Å². The summed E-state index contributed by atoms with van der Waals surface area (Å²) >= 11 is 0. The second kappa shape index (κ2) is 9.90. The molecule has 2 aromatic rings. The number of benzene rings is 2. The third-order valence-electron chi connectivity index (χ3n) is 6.37. The molecule has 8 heteroatoms. The van der Waals surface area contributed by atoms with Gasteiger partial charge in [0.25, 0.3) is 11.8 Å². The minimum Gasteiger partial charge on any atom is -0.339 e. The summed E-state index contributed by atoms with van der Waals surface area (Å²) in [6.45, 7) is 12.6. The number of hydrogen-bond donors (Lipinski definition) is 2. The zero-order valence-electron chi connectivity index (χ0n) is 21.3. The standard InChI is InChI=1S/C27H34N4O4/c1-7-30(8-2)23(33)18-9-15-21(16-10-18)28-22(32)17-31-24(34)27(6,29-25(31)35)20-13-11-19(12-14-20)26(3,4)5/h9-16H,7-8,17H2,1-6H3,(H,28,32)(H,29,35)/t27-/m1/s1. The molecule has 3 rings (SSSR count). The van der Waals surface area contributed by atoms with Crippen LogP contribution < -0.4 is 10.6 Å². The van der Waals surface area contributed by atoms with E-state index in [1.807, 2.05) is 38.1 Å². The van der Waals surface area contributed by atoms with Gasteiger partial charge >= 0.3 is 6.03 Å². The first-order valence-corrected chi connectivity index (χ1v) is 11.8. The van der Waals surface area contributed by atoms with Gasteiger partial charge in [-0.25, -0.2) is 4.79 Å². The van der Waals surface area contributed by atoms with Gasteiger partial charge in [0, 0.05) is 24.3 Å². The lowest BCUT2D eigenvalue weighted by Crippen LogP contribution is -2.42. The Morgan fingerprint density at radius 2 is 1.54 bits per heavy atom. The Balaban J connectivity index is 1.67. The van der Waals surface area contributed by atoms with Crippen LogP contribution in [0.3, 0.4) is 0 Å². The molecule has 0 aromatic heterocycles. The monoisotopic (exact) mass is 478 g/mol. The Bertz CT molecular complexity index is 1120. The third-order valence-corrected chi connectivity index (χ3v) is 6.37. The van der Waals surface area contributed by atoms with E-state index in [0.29, 0.717) is 29.9 Å². The van der Waals surface area contributed by atoms with Crippen molar-refractivity contribution in [3.05, 3.63) is 65.2 Å². The summed E-state index contributed by atoms with van der Waals surface area (Å²) in [7, 11) is 0. The van der Waals surface area contributed by atoms with Gasteiger partial charge in [-0.05, 0) is 61.6 Å². The molecular weight excluding hydrogens is 444 g/mol. The molecule has 0 radical (unpaired) electrons. The summed E-state index contributed by atoms with van der Waals surface area (Å²) in [4.78, 5) is 53.5. The van der Waals surface area contributed by atoms with Gasteiger partial charge in [-0.15, -0.1) is 0 Å². The fourth-order valence-electron chi connectivity index (χ4n) is 4.07. The van der Waals surface area contributed by atoms with Crippen LogP contribution in [0, 0.1) is 0 Å². The molecule has 1 fully saturated rings. The highest BCUT2D eigenvalue weighted by Crippen LogP contribution is 2.31. The number of rotatable bonds is 7. The number of nitrogens with one attached hydrogen (secondary N) is 2. The smallest absolute Gasteiger partial charge is 0.325 e. The summed E-state index contributed by atoms with van der Waals surface area (Å²) in [5, 5.41) is 5.42. The van der Waals surface area contributed by atoms with E-state index in [1.165, 1.54) is 0 Å². The number of hydrogen-bond acceptors (Lipinski definition) is 4. The quantitative estimate of drug-likeness (QED) is 0.590. The number of anilines is 1. The molecule has 35 heavy (non-hydrogen) atoms. The molecule has 1 aliphatic rings. The molecule has 2 N–H and O–H groups in total. The maximum Gasteiger partial charge on any atom is 0.325 e. The van der Waals surface area contributed by atoms with Crippen LogP contribution in [-0.2, 0) is 20.5 Å². The van der Waals surface area contributed by atoms with Crippen LogP contribution in [0.2, 0.25) is 0 Å². The van der Waals surface area contributed by atoms with Crippen molar-refractivity contribution in [2.24, 2.45) is 0 Å². The average Bonchev–Trinajstić information content (AvgIpc) is 3.03. The normalized spacial score (nSPS) is 17.8. The highest BCUT2D eigenvalue weighted by Gasteiger charge is 2.49. The minimum absolute atomic E-state index is 0.0383. The Morgan fingerprint density at radius 1 is 0.971 bits per heavy atom. The summed E-state index contributed by atoms with van der Waals surface area (Å²) < 4.78 is 0. The lowest BCUT2D eigenvalue weighted by atomic mass is 9.84. The Labute approximate surface area is 206 Å². The van der Waals surface area contributed by atoms with Crippen molar-refractivity contribution in [1.82, 2.24) is 15.1 Å². The molecule has 0 unspecified atom stereocenters. The van der Waals surface area contributed by atoms with Gasteiger partial charge in [-0.1, -0.05) is 45.0 Å². The van der Waals surface area contributed by atoms with E-state index < -0.39 is 29.9 Å². The zero-order chi connectivity index (χ0) is 26.0. The molecule has 1 saturated heterocycles. The predicted octanol–water partition coefficient (Wildman–Crippen LogP) is 3.87. The van der Waals surface area contributed by atoms with Crippen LogP contribution in [0.1, 0.15) is 63.0 Å². The first-order valence-electron chi connectivity index (χ1n) is 11.8. The molecule has 0 spiro atoms. The van der Waals surface area contributed by atoms with E-state index in [1.54, 1.807) is 36.1 Å². The van der Waals surface area contributed by atoms with Gasteiger partial charge in [0.15, 0.2) is 0 Å². The van der Waals surface area contributed by atoms with Crippen LogP contribution in [0.25, 0.3) is 0 Å². The molecule has 8 nitrogen and oxygen atoms in total. The van der Waals surface area contributed by atoms with Gasteiger partial charge < -0.3 is 15.5 Å². The number of urea groups is 1. The van der Waals surface area contributed by atoms with E-state index >= 15 is 0 Å². The van der Waals surface area contributed by atoms with Crippen LogP contribution in [0.4, 0.5) is 10.5 Å². The number of amides is 5. The van der Waals surface area contributed by atoms with E-state index in [4.69, 9.17) is 0 Å². The number of carbonyl (C=O) groups is 4. The molecule has 0 saturated carbocycles. The maximum absolute atomic E-state index is 13.2. The fourth-order valence-corrected chi connectivity index (χ4v) is 4.07. The highest BCUT2D eigenvalue weighted by molar-refractivity contribution is 6.10. The van der Waals surface area contributed by atoms with E-state index in [9.17, 15) is 19.2 Å². The Morgan fingerprint density at radius 3 is 2.06 bits per heavy atom. The Kier molecular flexibility index (Phi) is 7.33. The second-order valence-corrected chi connectivity index (χ2v) is 9.88. The largest absolute Gasteiger partial charge is 0.339 e. The highest BCUT2D eigenvalue weighted by atomic mass is 16.2. The molecule has 1 aliphatic heterocycles. The summed E-state index contributed by atoms with van der Waals surface area (Å²) in [6.07, 6.45) is 0. The van der Waals surface area contributed by atoms with Crippen molar-refractivity contribution in [2.45, 2.75) is 52.5 Å². The number of nitrogens with zero attached hydrogens (tertiary/aromatic N) is 2. The summed E-state index contributed by atoms with van der Waals surface area (Å²) in [6, 6.07) is 13.5. The van der Waals surface area contributed by atoms with E-state index in [-0.39, 0.29) is 11.3 Å². The van der Waals surface area contributed by atoms with Gasteiger partial charge in [-0.3, -0.25) is 19.3 Å². The van der Waals surface area contributed by atoms with Crippen LogP contribution in [-0.4, -0.2) is 53.2 Å². The van der Waals surface area contributed by atoms with Crippen molar-refractivity contribution in [2.75, 3.05) is 25.0 Å². The van der Waals surface area contributed by atoms with Gasteiger partial charge in [-0.2, -0.15) is 0 Å².